The van der Waals surface area contributed by atoms with E-state index < -0.39 is 0 Å². The van der Waals surface area contributed by atoms with Gasteiger partial charge in [0.15, 0.2) is 0 Å². The lowest BCUT2D eigenvalue weighted by Gasteiger charge is -2.26. The molecule has 1 atom stereocenters. The van der Waals surface area contributed by atoms with E-state index in [4.69, 9.17) is 9.47 Å². The molecule has 0 aromatic heterocycles. The van der Waals surface area contributed by atoms with Gasteiger partial charge in [-0.1, -0.05) is 29.8 Å². The lowest BCUT2D eigenvalue weighted by Crippen LogP contribution is -2.39. The summed E-state index contributed by atoms with van der Waals surface area (Å²) in [4.78, 5) is 0. The van der Waals surface area contributed by atoms with Crippen LogP contribution in [0.2, 0.25) is 0 Å². The molecule has 0 radical (unpaired) electrons. The zero-order valence-corrected chi connectivity index (χ0v) is 14.4. The minimum Gasteiger partial charge on any atom is -0.376 e. The van der Waals surface area contributed by atoms with Crippen LogP contribution in [0.25, 0.3) is 0 Å². The Morgan fingerprint density at radius 2 is 1.57 bits per heavy atom. The SMILES string of the molecule is Cc1ccc(C(CNC(C)(C)C)OCCOC(C)C)cc1. The van der Waals surface area contributed by atoms with Crippen LogP contribution in [0.1, 0.15) is 51.8 Å². The van der Waals surface area contributed by atoms with Crippen LogP contribution in [-0.4, -0.2) is 31.4 Å². The van der Waals surface area contributed by atoms with Crippen molar-refractivity contribution in [1.29, 1.82) is 0 Å². The fraction of sp³-hybridized carbons (Fsp3) is 0.667. The first-order valence-corrected chi connectivity index (χ1v) is 7.83. The molecule has 1 unspecified atom stereocenters. The van der Waals surface area contributed by atoms with E-state index in [0.29, 0.717) is 13.2 Å². The fourth-order valence-corrected chi connectivity index (χ4v) is 1.93. The summed E-state index contributed by atoms with van der Waals surface area (Å²) in [6.45, 7) is 14.7. The first kappa shape index (κ1) is 18.1. The lowest BCUT2D eigenvalue weighted by atomic mass is 10.0. The molecule has 0 heterocycles. The van der Waals surface area contributed by atoms with Crippen molar-refractivity contribution in [1.82, 2.24) is 5.32 Å². The number of nitrogens with one attached hydrogen (secondary N) is 1. The van der Waals surface area contributed by atoms with Gasteiger partial charge in [0.1, 0.15) is 0 Å². The third-order valence-electron chi connectivity index (χ3n) is 3.12. The first-order chi connectivity index (χ1) is 9.78. The van der Waals surface area contributed by atoms with Crippen LogP contribution < -0.4 is 5.32 Å². The largest absolute Gasteiger partial charge is 0.376 e. The first-order valence-electron chi connectivity index (χ1n) is 7.83. The summed E-state index contributed by atoms with van der Waals surface area (Å²) in [5, 5.41) is 3.52. The van der Waals surface area contributed by atoms with Crippen molar-refractivity contribution in [3.8, 4) is 0 Å². The molecule has 21 heavy (non-hydrogen) atoms. The van der Waals surface area contributed by atoms with Crippen LogP contribution in [0.4, 0.5) is 0 Å². The Bertz CT molecular complexity index is 393. The monoisotopic (exact) mass is 293 g/mol. The average Bonchev–Trinajstić information content (AvgIpc) is 2.38. The Morgan fingerprint density at radius 3 is 2.10 bits per heavy atom. The van der Waals surface area contributed by atoms with Gasteiger partial charge in [0.2, 0.25) is 0 Å². The summed E-state index contributed by atoms with van der Waals surface area (Å²) >= 11 is 0. The predicted molar refractivity (Wildman–Crippen MR) is 88.7 cm³/mol. The highest BCUT2D eigenvalue weighted by Crippen LogP contribution is 2.18. The van der Waals surface area contributed by atoms with Gasteiger partial charge in [0, 0.05) is 12.1 Å². The van der Waals surface area contributed by atoms with Crippen LogP contribution in [0.15, 0.2) is 24.3 Å². The van der Waals surface area contributed by atoms with Crippen molar-refractivity contribution in [2.75, 3.05) is 19.8 Å². The minimum atomic E-state index is 0.0561. The van der Waals surface area contributed by atoms with Crippen molar-refractivity contribution in [2.45, 2.75) is 59.3 Å². The molecule has 1 rings (SSSR count). The maximum Gasteiger partial charge on any atom is 0.0950 e. The number of hydrogen-bond donors (Lipinski definition) is 1. The number of aryl methyl sites for hydroxylation is 1. The highest BCUT2D eigenvalue weighted by molar-refractivity contribution is 5.23. The molecule has 0 saturated heterocycles. The highest BCUT2D eigenvalue weighted by Gasteiger charge is 2.16. The molecule has 0 amide bonds. The average molecular weight is 293 g/mol. The van der Waals surface area contributed by atoms with Crippen molar-refractivity contribution in [2.24, 2.45) is 0 Å². The summed E-state index contributed by atoms with van der Waals surface area (Å²) in [5.41, 5.74) is 2.56. The zero-order valence-electron chi connectivity index (χ0n) is 14.4. The third kappa shape index (κ3) is 8.20. The van der Waals surface area contributed by atoms with E-state index in [1.54, 1.807) is 0 Å². The van der Waals surface area contributed by atoms with Gasteiger partial charge in [-0.25, -0.2) is 0 Å². The fourth-order valence-electron chi connectivity index (χ4n) is 1.93. The predicted octanol–water partition coefficient (Wildman–Crippen LogP) is 3.87. The van der Waals surface area contributed by atoms with Crippen LogP contribution in [0.5, 0.6) is 0 Å². The molecule has 1 aromatic rings. The quantitative estimate of drug-likeness (QED) is 0.738. The summed E-state index contributed by atoms with van der Waals surface area (Å²) in [6.07, 6.45) is 0.305. The standard InChI is InChI=1S/C18H31NO2/c1-14(2)20-11-12-21-17(13-19-18(4,5)6)16-9-7-15(3)8-10-16/h7-10,14,17,19H,11-13H2,1-6H3. The van der Waals surface area contributed by atoms with E-state index in [-0.39, 0.29) is 17.7 Å². The van der Waals surface area contributed by atoms with E-state index in [0.717, 1.165) is 6.54 Å². The molecule has 0 aliphatic carbocycles. The molecule has 0 aliphatic heterocycles. The lowest BCUT2D eigenvalue weighted by molar-refractivity contribution is -0.0146. The number of ether oxygens (including phenoxy) is 2. The van der Waals surface area contributed by atoms with Gasteiger partial charge in [-0.15, -0.1) is 0 Å². The zero-order chi connectivity index (χ0) is 15.9. The van der Waals surface area contributed by atoms with Crippen LogP contribution >= 0.6 is 0 Å². The number of rotatable bonds is 8. The molecule has 0 bridgehead atoms. The van der Waals surface area contributed by atoms with Gasteiger partial charge in [0.05, 0.1) is 25.4 Å². The molecule has 3 nitrogen and oxygen atoms in total. The normalized spacial score (nSPS) is 13.7. The molecule has 0 aliphatic rings. The Morgan fingerprint density at radius 1 is 1.00 bits per heavy atom. The van der Waals surface area contributed by atoms with Crippen LogP contribution in [0.3, 0.4) is 0 Å². The van der Waals surface area contributed by atoms with Crippen molar-refractivity contribution in [3.05, 3.63) is 35.4 Å². The topological polar surface area (TPSA) is 30.5 Å². The van der Waals surface area contributed by atoms with Gasteiger partial charge in [-0.2, -0.15) is 0 Å². The van der Waals surface area contributed by atoms with E-state index in [1.807, 2.05) is 13.8 Å². The Hall–Kier alpha value is -0.900. The van der Waals surface area contributed by atoms with Gasteiger partial charge < -0.3 is 14.8 Å². The molecule has 0 fully saturated rings. The molecule has 1 aromatic carbocycles. The Balaban J connectivity index is 2.59. The smallest absolute Gasteiger partial charge is 0.0950 e. The maximum atomic E-state index is 6.03. The molecule has 120 valence electrons. The molecule has 0 spiro atoms. The summed E-state index contributed by atoms with van der Waals surface area (Å²) in [6, 6.07) is 8.56. The van der Waals surface area contributed by atoms with Crippen LogP contribution in [-0.2, 0) is 9.47 Å². The highest BCUT2D eigenvalue weighted by atomic mass is 16.5. The van der Waals surface area contributed by atoms with E-state index in [9.17, 15) is 0 Å². The number of benzene rings is 1. The van der Waals surface area contributed by atoms with E-state index >= 15 is 0 Å². The second-order valence-electron chi connectivity index (χ2n) is 6.82. The Kier molecular flexibility index (Phi) is 7.36. The second kappa shape index (κ2) is 8.52. The molecular formula is C18H31NO2. The van der Waals surface area contributed by atoms with Gasteiger partial charge >= 0.3 is 0 Å². The van der Waals surface area contributed by atoms with Crippen LogP contribution in [0, 0.1) is 6.92 Å². The van der Waals surface area contributed by atoms with Gasteiger partial charge in [-0.05, 0) is 47.1 Å². The van der Waals surface area contributed by atoms with Crippen molar-refractivity contribution in [3.63, 3.8) is 0 Å². The number of hydrogen-bond acceptors (Lipinski definition) is 3. The maximum absolute atomic E-state index is 6.03. The second-order valence-corrected chi connectivity index (χ2v) is 6.82. The molecule has 3 heteroatoms. The summed E-state index contributed by atoms with van der Waals surface area (Å²) in [7, 11) is 0. The van der Waals surface area contributed by atoms with Gasteiger partial charge in [-0.3, -0.25) is 0 Å². The molecular weight excluding hydrogens is 262 g/mol. The molecule has 1 N–H and O–H groups in total. The van der Waals surface area contributed by atoms with Gasteiger partial charge in [0.25, 0.3) is 0 Å². The van der Waals surface area contributed by atoms with Crippen molar-refractivity contribution < 1.29 is 9.47 Å². The minimum absolute atomic E-state index is 0.0561. The molecule has 0 saturated carbocycles. The summed E-state index contributed by atoms with van der Waals surface area (Å²) in [5.74, 6) is 0. The van der Waals surface area contributed by atoms with E-state index in [1.165, 1.54) is 11.1 Å². The van der Waals surface area contributed by atoms with Crippen molar-refractivity contribution >= 4 is 0 Å². The third-order valence-corrected chi connectivity index (χ3v) is 3.12. The Labute approximate surface area is 130 Å². The summed E-state index contributed by atoms with van der Waals surface area (Å²) < 4.78 is 11.6. The van der Waals surface area contributed by atoms with E-state index in [2.05, 4.69) is 57.3 Å².